The lowest BCUT2D eigenvalue weighted by atomic mass is 10.3. The molecule has 0 N–H and O–H groups in total. The van der Waals surface area contributed by atoms with Crippen LogP contribution in [0, 0.1) is 0 Å². The summed E-state index contributed by atoms with van der Waals surface area (Å²) < 4.78 is 10.3. The van der Waals surface area contributed by atoms with Gasteiger partial charge in [0.2, 0.25) is 0 Å². The maximum absolute atomic E-state index is 5.32. The van der Waals surface area contributed by atoms with Crippen LogP contribution in [-0.4, -0.2) is 13.7 Å². The molecule has 0 aliphatic heterocycles. The SMILES string of the molecule is C=C/C=C\C(OCC)=C(/C)OC.CC. The Bertz CT molecular complexity index is 190. The average Bonchev–Trinajstić information content (AvgIpc) is 2.26. The molecule has 2 heteroatoms. The Morgan fingerprint density at radius 1 is 1.36 bits per heavy atom. The molecule has 0 radical (unpaired) electrons. The summed E-state index contributed by atoms with van der Waals surface area (Å²) in [6.45, 7) is 12.0. The van der Waals surface area contributed by atoms with Crippen LogP contribution in [0.25, 0.3) is 0 Å². The molecular weight excluding hydrogens is 176 g/mol. The molecule has 0 aliphatic carbocycles. The molecule has 0 bridgehead atoms. The van der Waals surface area contributed by atoms with Crippen LogP contribution < -0.4 is 0 Å². The van der Waals surface area contributed by atoms with Gasteiger partial charge in [-0.25, -0.2) is 0 Å². The zero-order valence-corrected chi connectivity index (χ0v) is 9.96. The minimum absolute atomic E-state index is 0.636. The molecule has 0 saturated heterocycles. The van der Waals surface area contributed by atoms with Gasteiger partial charge in [-0.05, 0) is 19.9 Å². The molecule has 0 aromatic heterocycles. The molecule has 0 rings (SSSR count). The van der Waals surface area contributed by atoms with E-state index in [4.69, 9.17) is 9.47 Å². The van der Waals surface area contributed by atoms with Crippen LogP contribution in [0.1, 0.15) is 27.7 Å². The van der Waals surface area contributed by atoms with Crippen molar-refractivity contribution in [2.45, 2.75) is 27.7 Å². The highest BCUT2D eigenvalue weighted by Crippen LogP contribution is 2.07. The van der Waals surface area contributed by atoms with E-state index in [0.717, 1.165) is 11.5 Å². The van der Waals surface area contributed by atoms with E-state index in [-0.39, 0.29) is 0 Å². The van der Waals surface area contributed by atoms with E-state index < -0.39 is 0 Å². The van der Waals surface area contributed by atoms with Crippen LogP contribution in [-0.2, 0) is 9.47 Å². The van der Waals surface area contributed by atoms with Gasteiger partial charge >= 0.3 is 0 Å². The summed E-state index contributed by atoms with van der Waals surface area (Å²) in [6, 6.07) is 0. The number of hydrogen-bond donors (Lipinski definition) is 0. The summed E-state index contributed by atoms with van der Waals surface area (Å²) in [7, 11) is 1.62. The van der Waals surface area contributed by atoms with Crippen LogP contribution in [0.3, 0.4) is 0 Å². The standard InChI is InChI=1S/C10H16O2.C2H6/c1-5-7-8-10(12-6-2)9(3)11-4;1-2/h5,7-8H,1,6H2,2-4H3;1-2H3/b8-7-,10-9-;. The summed E-state index contributed by atoms with van der Waals surface area (Å²) in [4.78, 5) is 0. The first kappa shape index (κ1) is 15.3. The summed E-state index contributed by atoms with van der Waals surface area (Å²) in [5.74, 6) is 1.52. The first-order valence-corrected chi connectivity index (χ1v) is 4.93. The second-order valence-electron chi connectivity index (χ2n) is 2.15. The first-order valence-electron chi connectivity index (χ1n) is 4.93. The van der Waals surface area contributed by atoms with Crippen molar-refractivity contribution in [1.29, 1.82) is 0 Å². The third-order valence-electron chi connectivity index (χ3n) is 1.34. The summed E-state index contributed by atoms with van der Waals surface area (Å²) >= 11 is 0. The molecule has 0 unspecified atom stereocenters. The van der Waals surface area contributed by atoms with Gasteiger partial charge in [0.1, 0.15) is 5.76 Å². The number of rotatable bonds is 5. The molecule has 0 aliphatic rings. The summed E-state index contributed by atoms with van der Waals surface area (Å²) in [5.41, 5.74) is 0. The number of ether oxygens (including phenoxy) is 2. The number of hydrogen-bond acceptors (Lipinski definition) is 2. The van der Waals surface area contributed by atoms with Gasteiger partial charge < -0.3 is 9.47 Å². The fourth-order valence-corrected chi connectivity index (χ4v) is 0.679. The maximum Gasteiger partial charge on any atom is 0.156 e. The minimum Gasteiger partial charge on any atom is -0.498 e. The highest BCUT2D eigenvalue weighted by molar-refractivity contribution is 5.18. The highest BCUT2D eigenvalue weighted by Gasteiger charge is 1.97. The van der Waals surface area contributed by atoms with Crippen LogP contribution in [0.2, 0.25) is 0 Å². The second kappa shape index (κ2) is 11.8. The van der Waals surface area contributed by atoms with Gasteiger partial charge in [0.15, 0.2) is 5.76 Å². The summed E-state index contributed by atoms with van der Waals surface area (Å²) in [6.07, 6.45) is 5.34. The van der Waals surface area contributed by atoms with Crippen molar-refractivity contribution in [3.8, 4) is 0 Å². The predicted octanol–water partition coefficient (Wildman–Crippen LogP) is 3.67. The quantitative estimate of drug-likeness (QED) is 0.495. The molecule has 0 saturated carbocycles. The maximum atomic E-state index is 5.32. The van der Waals surface area contributed by atoms with Crippen molar-refractivity contribution in [1.82, 2.24) is 0 Å². The van der Waals surface area contributed by atoms with Gasteiger partial charge in [0, 0.05) is 0 Å². The van der Waals surface area contributed by atoms with E-state index in [1.165, 1.54) is 0 Å². The molecule has 0 atom stereocenters. The zero-order chi connectivity index (χ0) is 11.4. The molecule has 0 amide bonds. The monoisotopic (exact) mass is 198 g/mol. The largest absolute Gasteiger partial charge is 0.498 e. The molecule has 0 heterocycles. The molecule has 0 aromatic rings. The number of allylic oxidation sites excluding steroid dienone is 4. The van der Waals surface area contributed by atoms with Crippen molar-refractivity contribution < 1.29 is 9.47 Å². The lowest BCUT2D eigenvalue weighted by Crippen LogP contribution is -1.94. The Labute approximate surface area is 87.9 Å². The van der Waals surface area contributed by atoms with E-state index in [9.17, 15) is 0 Å². The van der Waals surface area contributed by atoms with Crippen molar-refractivity contribution in [3.63, 3.8) is 0 Å². The van der Waals surface area contributed by atoms with Gasteiger partial charge in [-0.2, -0.15) is 0 Å². The summed E-state index contributed by atoms with van der Waals surface area (Å²) in [5, 5.41) is 0. The topological polar surface area (TPSA) is 18.5 Å². The molecule has 0 aromatic carbocycles. The van der Waals surface area contributed by atoms with Crippen LogP contribution in [0.15, 0.2) is 36.3 Å². The second-order valence-corrected chi connectivity index (χ2v) is 2.15. The minimum atomic E-state index is 0.636. The first-order chi connectivity index (χ1) is 6.76. The van der Waals surface area contributed by atoms with E-state index >= 15 is 0 Å². The van der Waals surface area contributed by atoms with E-state index in [1.807, 2.05) is 39.8 Å². The zero-order valence-electron chi connectivity index (χ0n) is 9.96. The average molecular weight is 198 g/mol. The normalized spacial score (nSPS) is 11.2. The van der Waals surface area contributed by atoms with Crippen molar-refractivity contribution in [2.24, 2.45) is 0 Å². The van der Waals surface area contributed by atoms with Gasteiger partial charge in [0.05, 0.1) is 13.7 Å². The van der Waals surface area contributed by atoms with Gasteiger partial charge in [-0.15, -0.1) is 0 Å². The van der Waals surface area contributed by atoms with Gasteiger partial charge in [-0.1, -0.05) is 32.6 Å². The Hall–Kier alpha value is -1.18. The fraction of sp³-hybridized carbons (Fsp3) is 0.500. The van der Waals surface area contributed by atoms with Crippen LogP contribution in [0.5, 0.6) is 0 Å². The molecule has 82 valence electrons. The number of methoxy groups -OCH3 is 1. The lowest BCUT2D eigenvalue weighted by molar-refractivity contribution is 0.200. The van der Waals surface area contributed by atoms with Crippen molar-refractivity contribution >= 4 is 0 Å². The smallest absolute Gasteiger partial charge is 0.156 e. The molecular formula is C12H22O2. The molecule has 14 heavy (non-hydrogen) atoms. The highest BCUT2D eigenvalue weighted by atomic mass is 16.5. The van der Waals surface area contributed by atoms with Crippen molar-refractivity contribution in [3.05, 3.63) is 36.3 Å². The van der Waals surface area contributed by atoms with E-state index in [0.29, 0.717) is 6.61 Å². The van der Waals surface area contributed by atoms with Crippen molar-refractivity contribution in [2.75, 3.05) is 13.7 Å². The van der Waals surface area contributed by atoms with Gasteiger partial charge in [-0.3, -0.25) is 0 Å². The Kier molecular flexibility index (Phi) is 12.9. The van der Waals surface area contributed by atoms with Crippen LogP contribution in [0.4, 0.5) is 0 Å². The predicted molar refractivity (Wildman–Crippen MR) is 62.0 cm³/mol. The van der Waals surface area contributed by atoms with Crippen LogP contribution >= 0.6 is 0 Å². The van der Waals surface area contributed by atoms with Gasteiger partial charge in [0.25, 0.3) is 0 Å². The molecule has 2 nitrogen and oxygen atoms in total. The lowest BCUT2D eigenvalue weighted by Gasteiger charge is -2.07. The Morgan fingerprint density at radius 2 is 1.93 bits per heavy atom. The molecule has 0 spiro atoms. The third-order valence-corrected chi connectivity index (χ3v) is 1.34. The fourth-order valence-electron chi connectivity index (χ4n) is 0.679. The van der Waals surface area contributed by atoms with E-state index in [1.54, 1.807) is 13.2 Å². The molecule has 0 fully saturated rings. The third kappa shape index (κ3) is 7.47. The van der Waals surface area contributed by atoms with E-state index in [2.05, 4.69) is 6.58 Å². The Balaban J connectivity index is 0. The Morgan fingerprint density at radius 3 is 2.29 bits per heavy atom.